The monoisotopic (exact) mass is 279 g/mol. The van der Waals surface area contributed by atoms with Gasteiger partial charge in [-0.3, -0.25) is 4.79 Å². The second-order valence-electron chi connectivity index (χ2n) is 4.31. The maximum atomic E-state index is 11.7. The van der Waals surface area contributed by atoms with Crippen LogP contribution >= 0.6 is 0 Å². The molecule has 0 heterocycles. The van der Waals surface area contributed by atoms with E-state index in [1.54, 1.807) is 39.5 Å². The molecule has 1 rings (SSSR count). The predicted octanol–water partition coefficient (Wildman–Crippen LogP) is 1.87. The fraction of sp³-hybridized carbons (Fsp3) is 0.400. The molecule has 110 valence electrons. The van der Waals surface area contributed by atoms with Crippen LogP contribution in [0.25, 0.3) is 6.08 Å². The molecule has 1 amide bonds. The van der Waals surface area contributed by atoms with Crippen LogP contribution in [0.15, 0.2) is 24.3 Å². The number of carbonyl (C=O) groups is 1. The normalized spacial score (nSPS) is 12.2. The average molecular weight is 279 g/mol. The summed E-state index contributed by atoms with van der Waals surface area (Å²) in [4.78, 5) is 11.7. The number of nitrogens with one attached hydrogen (secondary N) is 1. The van der Waals surface area contributed by atoms with Crippen molar-refractivity contribution in [2.45, 2.75) is 13.0 Å². The summed E-state index contributed by atoms with van der Waals surface area (Å²) in [6, 6.07) is 5.43. The van der Waals surface area contributed by atoms with Crippen LogP contribution < -0.4 is 14.8 Å². The third-order valence-corrected chi connectivity index (χ3v) is 2.64. The van der Waals surface area contributed by atoms with Gasteiger partial charge in [0.2, 0.25) is 5.91 Å². The molecule has 0 aromatic heterocycles. The first-order chi connectivity index (χ1) is 9.60. The third-order valence-electron chi connectivity index (χ3n) is 2.64. The standard InChI is InChI=1S/C15H21NO4/c1-11(10-18-2)16-15(17)8-6-12-5-7-13(19-3)14(9-12)20-4/h5-9,11H,10H2,1-4H3,(H,16,17). The Labute approximate surface area is 119 Å². The molecule has 20 heavy (non-hydrogen) atoms. The molecule has 1 aromatic rings. The van der Waals surface area contributed by atoms with Gasteiger partial charge >= 0.3 is 0 Å². The van der Waals surface area contributed by atoms with Crippen molar-refractivity contribution in [1.29, 1.82) is 0 Å². The van der Waals surface area contributed by atoms with Crippen LogP contribution in [0.5, 0.6) is 11.5 Å². The molecule has 0 aliphatic rings. The first kappa shape index (κ1) is 16.0. The zero-order valence-corrected chi connectivity index (χ0v) is 12.3. The number of benzene rings is 1. The summed E-state index contributed by atoms with van der Waals surface area (Å²) in [6.45, 7) is 2.36. The molecule has 0 spiro atoms. The van der Waals surface area contributed by atoms with Crippen molar-refractivity contribution in [1.82, 2.24) is 5.32 Å². The van der Waals surface area contributed by atoms with E-state index in [4.69, 9.17) is 14.2 Å². The summed E-state index contributed by atoms with van der Waals surface area (Å²) in [6.07, 6.45) is 3.20. The Balaban J connectivity index is 2.68. The largest absolute Gasteiger partial charge is 0.493 e. The predicted molar refractivity (Wildman–Crippen MR) is 78.1 cm³/mol. The van der Waals surface area contributed by atoms with E-state index in [2.05, 4.69) is 5.32 Å². The minimum atomic E-state index is -0.163. The van der Waals surface area contributed by atoms with E-state index < -0.39 is 0 Å². The molecule has 5 heteroatoms. The molecule has 1 atom stereocenters. The van der Waals surface area contributed by atoms with Gasteiger partial charge in [-0.05, 0) is 30.7 Å². The summed E-state index contributed by atoms with van der Waals surface area (Å²) in [5, 5.41) is 2.80. The van der Waals surface area contributed by atoms with Crippen LogP contribution in [-0.2, 0) is 9.53 Å². The third kappa shape index (κ3) is 4.93. The lowest BCUT2D eigenvalue weighted by atomic mass is 10.2. The van der Waals surface area contributed by atoms with Crippen LogP contribution in [0.2, 0.25) is 0 Å². The minimum absolute atomic E-state index is 0.0254. The highest BCUT2D eigenvalue weighted by molar-refractivity contribution is 5.92. The van der Waals surface area contributed by atoms with Crippen LogP contribution in [0.4, 0.5) is 0 Å². The summed E-state index contributed by atoms with van der Waals surface area (Å²) in [7, 11) is 4.75. The van der Waals surface area contributed by atoms with Crippen molar-refractivity contribution in [2.75, 3.05) is 27.9 Å². The topological polar surface area (TPSA) is 56.8 Å². The molecule has 0 saturated carbocycles. The van der Waals surface area contributed by atoms with Crippen molar-refractivity contribution < 1.29 is 19.0 Å². The van der Waals surface area contributed by atoms with Crippen molar-refractivity contribution in [2.24, 2.45) is 0 Å². The summed E-state index contributed by atoms with van der Waals surface area (Å²) in [5.41, 5.74) is 0.859. The van der Waals surface area contributed by atoms with E-state index in [1.807, 2.05) is 13.0 Å². The number of carbonyl (C=O) groups excluding carboxylic acids is 1. The van der Waals surface area contributed by atoms with Gasteiger partial charge < -0.3 is 19.5 Å². The smallest absolute Gasteiger partial charge is 0.244 e. The minimum Gasteiger partial charge on any atom is -0.493 e. The number of rotatable bonds is 7. The molecule has 1 aromatic carbocycles. The lowest BCUT2D eigenvalue weighted by Crippen LogP contribution is -2.34. The van der Waals surface area contributed by atoms with E-state index in [-0.39, 0.29) is 11.9 Å². The number of ether oxygens (including phenoxy) is 3. The maximum Gasteiger partial charge on any atom is 0.244 e. The highest BCUT2D eigenvalue weighted by Crippen LogP contribution is 2.27. The molecule has 1 unspecified atom stereocenters. The number of hydrogen-bond donors (Lipinski definition) is 1. The Kier molecular flexibility index (Phi) is 6.59. The van der Waals surface area contributed by atoms with Gasteiger partial charge in [0.1, 0.15) is 0 Å². The lowest BCUT2D eigenvalue weighted by molar-refractivity contribution is -0.117. The molecular weight excluding hydrogens is 258 g/mol. The number of hydrogen-bond acceptors (Lipinski definition) is 4. The quantitative estimate of drug-likeness (QED) is 0.774. The van der Waals surface area contributed by atoms with E-state index >= 15 is 0 Å². The highest BCUT2D eigenvalue weighted by atomic mass is 16.5. The van der Waals surface area contributed by atoms with Crippen molar-refractivity contribution >= 4 is 12.0 Å². The SMILES string of the molecule is COCC(C)NC(=O)C=Cc1ccc(OC)c(OC)c1. The Morgan fingerprint density at radius 1 is 1.25 bits per heavy atom. The number of amides is 1. The van der Waals surface area contributed by atoms with E-state index in [1.165, 1.54) is 6.08 Å². The summed E-state index contributed by atoms with van der Waals surface area (Å²) in [5.74, 6) is 1.12. The maximum absolute atomic E-state index is 11.7. The fourth-order valence-electron chi connectivity index (χ4n) is 1.71. The van der Waals surface area contributed by atoms with Crippen molar-refractivity contribution in [3.8, 4) is 11.5 Å². The molecule has 0 aliphatic carbocycles. The Morgan fingerprint density at radius 3 is 2.55 bits per heavy atom. The Bertz CT molecular complexity index is 471. The Morgan fingerprint density at radius 2 is 1.95 bits per heavy atom. The van der Waals surface area contributed by atoms with E-state index in [9.17, 15) is 4.79 Å². The summed E-state index contributed by atoms with van der Waals surface area (Å²) < 4.78 is 15.3. The van der Waals surface area contributed by atoms with Gasteiger partial charge in [-0.15, -0.1) is 0 Å². The van der Waals surface area contributed by atoms with Crippen LogP contribution in [-0.4, -0.2) is 39.9 Å². The lowest BCUT2D eigenvalue weighted by Gasteiger charge is -2.10. The van der Waals surface area contributed by atoms with Gasteiger partial charge in [-0.2, -0.15) is 0 Å². The first-order valence-corrected chi connectivity index (χ1v) is 6.30. The highest BCUT2D eigenvalue weighted by Gasteiger charge is 2.05. The number of methoxy groups -OCH3 is 3. The zero-order valence-electron chi connectivity index (χ0n) is 12.3. The first-order valence-electron chi connectivity index (χ1n) is 6.30. The van der Waals surface area contributed by atoms with Crippen LogP contribution in [0.1, 0.15) is 12.5 Å². The van der Waals surface area contributed by atoms with Gasteiger partial charge in [-0.25, -0.2) is 0 Å². The molecular formula is C15H21NO4. The van der Waals surface area contributed by atoms with Crippen LogP contribution in [0.3, 0.4) is 0 Å². The molecule has 5 nitrogen and oxygen atoms in total. The molecule has 1 N–H and O–H groups in total. The van der Waals surface area contributed by atoms with Crippen molar-refractivity contribution in [3.05, 3.63) is 29.8 Å². The van der Waals surface area contributed by atoms with Gasteiger partial charge in [0.15, 0.2) is 11.5 Å². The molecule has 0 fully saturated rings. The second-order valence-corrected chi connectivity index (χ2v) is 4.31. The van der Waals surface area contributed by atoms with Crippen molar-refractivity contribution in [3.63, 3.8) is 0 Å². The van der Waals surface area contributed by atoms with Gasteiger partial charge in [0, 0.05) is 19.2 Å². The average Bonchev–Trinajstić information content (AvgIpc) is 2.44. The van der Waals surface area contributed by atoms with Crippen LogP contribution in [0, 0.1) is 0 Å². The van der Waals surface area contributed by atoms with Gasteiger partial charge in [0.05, 0.1) is 20.8 Å². The van der Waals surface area contributed by atoms with Gasteiger partial charge in [0.25, 0.3) is 0 Å². The molecule has 0 aliphatic heterocycles. The molecule has 0 radical (unpaired) electrons. The zero-order chi connectivity index (χ0) is 15.0. The second kappa shape index (κ2) is 8.22. The molecule has 0 saturated heterocycles. The van der Waals surface area contributed by atoms with E-state index in [0.717, 1.165) is 5.56 Å². The fourth-order valence-corrected chi connectivity index (χ4v) is 1.71. The van der Waals surface area contributed by atoms with E-state index in [0.29, 0.717) is 18.1 Å². The summed E-state index contributed by atoms with van der Waals surface area (Å²) >= 11 is 0. The Hall–Kier alpha value is -2.01. The van der Waals surface area contributed by atoms with Gasteiger partial charge in [-0.1, -0.05) is 6.07 Å². The molecule has 0 bridgehead atoms.